The monoisotopic (exact) mass is 224 g/mol. The van der Waals surface area contributed by atoms with Crippen molar-refractivity contribution in [3.05, 3.63) is 23.5 Å². The van der Waals surface area contributed by atoms with Gasteiger partial charge in [0.25, 0.3) is 0 Å². The van der Waals surface area contributed by atoms with Gasteiger partial charge in [0.1, 0.15) is 17.3 Å². The van der Waals surface area contributed by atoms with E-state index in [1.807, 2.05) is 0 Å². The molecule has 0 N–H and O–H groups in total. The van der Waals surface area contributed by atoms with Crippen LogP contribution >= 0.6 is 0 Å². The number of carbonyl (C=O) groups excluding carboxylic acids is 2. The molecule has 5 nitrogen and oxygen atoms in total. The lowest BCUT2D eigenvalue weighted by Crippen LogP contribution is -2.38. The van der Waals surface area contributed by atoms with Gasteiger partial charge in [0.05, 0.1) is 19.8 Å². The van der Waals surface area contributed by atoms with Gasteiger partial charge in [0.2, 0.25) is 0 Å². The summed E-state index contributed by atoms with van der Waals surface area (Å²) in [4.78, 5) is 23.2. The summed E-state index contributed by atoms with van der Waals surface area (Å²) in [6.07, 6.45) is 3.42. The van der Waals surface area contributed by atoms with Crippen LogP contribution in [0.15, 0.2) is 23.5 Å². The predicted molar refractivity (Wildman–Crippen MR) is 53.2 cm³/mol. The first kappa shape index (κ1) is 10.7. The lowest BCUT2D eigenvalue weighted by Gasteiger charge is -2.24. The first-order chi connectivity index (χ1) is 7.53. The average Bonchev–Trinajstić information content (AvgIpc) is 2.79. The van der Waals surface area contributed by atoms with E-state index in [4.69, 9.17) is 4.74 Å². The van der Waals surface area contributed by atoms with E-state index < -0.39 is 23.5 Å². The summed E-state index contributed by atoms with van der Waals surface area (Å²) in [5.74, 6) is -1.41. The zero-order valence-electron chi connectivity index (χ0n) is 9.27. The van der Waals surface area contributed by atoms with Gasteiger partial charge in [-0.3, -0.25) is 4.79 Å². The molecule has 0 spiro atoms. The van der Waals surface area contributed by atoms with Crippen molar-refractivity contribution < 1.29 is 23.8 Å². The number of ether oxygens (including phenoxy) is 3. The largest absolute Gasteiger partial charge is 0.482 e. The van der Waals surface area contributed by atoms with E-state index in [0.717, 1.165) is 0 Å². The van der Waals surface area contributed by atoms with Crippen LogP contribution in [-0.4, -0.2) is 31.8 Å². The van der Waals surface area contributed by atoms with Crippen molar-refractivity contribution in [3.8, 4) is 0 Å². The van der Waals surface area contributed by atoms with Gasteiger partial charge in [-0.15, -0.1) is 0 Å². The highest BCUT2D eigenvalue weighted by molar-refractivity contribution is 5.98. The molecular formula is C11H12O5. The molecule has 0 saturated carbocycles. The third-order valence-corrected chi connectivity index (χ3v) is 2.87. The normalized spacial score (nSPS) is 30.3. The number of rotatable bonds is 2. The minimum Gasteiger partial charge on any atom is -0.482 e. The standard InChI is InChI=1S/C11H12O5/c1-11-5-4-6(16-11)7(9(12)14-2)8(11)10(13)15-3/h4-5,8H,1-3H3. The minimum atomic E-state index is -0.827. The van der Waals surface area contributed by atoms with E-state index in [1.165, 1.54) is 14.2 Å². The van der Waals surface area contributed by atoms with Crippen LogP contribution in [0.3, 0.4) is 0 Å². The second-order valence-corrected chi connectivity index (χ2v) is 3.84. The molecule has 0 aliphatic carbocycles. The summed E-state index contributed by atoms with van der Waals surface area (Å²) in [5.41, 5.74) is -0.592. The van der Waals surface area contributed by atoms with Gasteiger partial charge in [0.15, 0.2) is 0 Å². The van der Waals surface area contributed by atoms with Crippen molar-refractivity contribution in [1.82, 2.24) is 0 Å². The fraction of sp³-hybridized carbons (Fsp3) is 0.455. The maximum absolute atomic E-state index is 11.7. The zero-order valence-corrected chi connectivity index (χ0v) is 9.27. The Labute approximate surface area is 92.7 Å². The van der Waals surface area contributed by atoms with Crippen LogP contribution in [0.2, 0.25) is 0 Å². The van der Waals surface area contributed by atoms with Gasteiger partial charge < -0.3 is 14.2 Å². The molecule has 2 rings (SSSR count). The molecule has 0 aromatic carbocycles. The maximum atomic E-state index is 11.7. The van der Waals surface area contributed by atoms with E-state index in [0.29, 0.717) is 5.76 Å². The van der Waals surface area contributed by atoms with Crippen LogP contribution in [0.25, 0.3) is 0 Å². The van der Waals surface area contributed by atoms with Gasteiger partial charge >= 0.3 is 11.9 Å². The molecule has 0 aromatic rings. The topological polar surface area (TPSA) is 61.8 Å². The van der Waals surface area contributed by atoms with Crippen LogP contribution in [0, 0.1) is 5.92 Å². The summed E-state index contributed by atoms with van der Waals surface area (Å²) in [6.45, 7) is 1.73. The van der Waals surface area contributed by atoms with Gasteiger partial charge in [-0.25, -0.2) is 4.79 Å². The predicted octanol–water partition coefficient (Wildman–Crippen LogP) is 0.561. The molecule has 2 bridgehead atoms. The number of carbonyl (C=O) groups is 2. The first-order valence-corrected chi connectivity index (χ1v) is 4.82. The molecule has 0 amide bonds. The summed E-state index contributed by atoms with van der Waals surface area (Å²) in [5, 5.41) is 0. The Morgan fingerprint density at radius 1 is 1.38 bits per heavy atom. The van der Waals surface area contributed by atoms with Crippen molar-refractivity contribution in [1.29, 1.82) is 0 Å². The number of fused-ring (bicyclic) bond motifs is 2. The quantitative estimate of drug-likeness (QED) is 0.641. The molecule has 2 heterocycles. The molecule has 86 valence electrons. The van der Waals surface area contributed by atoms with Gasteiger partial charge in [-0.05, 0) is 19.1 Å². The molecule has 5 heteroatoms. The SMILES string of the molecule is COC(=O)C1=C2C=CC(C)(O2)C1C(=O)OC. The van der Waals surface area contributed by atoms with Crippen LogP contribution in [0.1, 0.15) is 6.92 Å². The second-order valence-electron chi connectivity index (χ2n) is 3.84. The van der Waals surface area contributed by atoms with E-state index in [2.05, 4.69) is 9.47 Å². The Bertz CT molecular complexity index is 420. The molecule has 2 unspecified atom stereocenters. The molecule has 0 radical (unpaired) electrons. The lowest BCUT2D eigenvalue weighted by molar-refractivity contribution is -0.150. The lowest BCUT2D eigenvalue weighted by atomic mass is 9.82. The highest BCUT2D eigenvalue weighted by Gasteiger charge is 2.55. The van der Waals surface area contributed by atoms with Gasteiger partial charge in [-0.1, -0.05) is 0 Å². The van der Waals surface area contributed by atoms with Gasteiger partial charge in [-0.2, -0.15) is 0 Å². The molecular weight excluding hydrogens is 212 g/mol. The summed E-state index contributed by atoms with van der Waals surface area (Å²) in [7, 11) is 2.54. The minimum absolute atomic E-state index is 0.236. The second kappa shape index (κ2) is 3.37. The highest BCUT2D eigenvalue weighted by Crippen LogP contribution is 2.46. The Morgan fingerprint density at radius 2 is 2.06 bits per heavy atom. The Morgan fingerprint density at radius 3 is 2.62 bits per heavy atom. The summed E-state index contributed by atoms with van der Waals surface area (Å²) < 4.78 is 14.8. The Kier molecular flexibility index (Phi) is 2.26. The third-order valence-electron chi connectivity index (χ3n) is 2.87. The smallest absolute Gasteiger partial charge is 0.338 e. The van der Waals surface area contributed by atoms with E-state index in [-0.39, 0.29) is 5.57 Å². The molecule has 0 fully saturated rings. The Hall–Kier alpha value is -1.78. The summed E-state index contributed by atoms with van der Waals surface area (Å²) in [6, 6.07) is 0. The van der Waals surface area contributed by atoms with Crippen molar-refractivity contribution in [2.75, 3.05) is 14.2 Å². The fourth-order valence-corrected chi connectivity index (χ4v) is 2.07. The zero-order chi connectivity index (χ0) is 11.9. The van der Waals surface area contributed by atoms with Crippen molar-refractivity contribution in [2.24, 2.45) is 5.92 Å². The molecule has 0 saturated heterocycles. The van der Waals surface area contributed by atoms with Crippen LogP contribution < -0.4 is 0 Å². The number of allylic oxidation sites excluding steroid dienone is 1. The maximum Gasteiger partial charge on any atom is 0.338 e. The van der Waals surface area contributed by atoms with Crippen LogP contribution in [-0.2, 0) is 23.8 Å². The molecule has 2 atom stereocenters. The van der Waals surface area contributed by atoms with Crippen molar-refractivity contribution >= 4 is 11.9 Å². The van der Waals surface area contributed by atoms with E-state index in [9.17, 15) is 9.59 Å². The van der Waals surface area contributed by atoms with Gasteiger partial charge in [0, 0.05) is 0 Å². The first-order valence-electron chi connectivity index (χ1n) is 4.82. The van der Waals surface area contributed by atoms with E-state index in [1.54, 1.807) is 19.1 Å². The Balaban J connectivity index is 2.44. The fourth-order valence-electron chi connectivity index (χ4n) is 2.07. The van der Waals surface area contributed by atoms with Crippen molar-refractivity contribution in [3.63, 3.8) is 0 Å². The third kappa shape index (κ3) is 1.24. The molecule has 2 aliphatic rings. The average molecular weight is 224 g/mol. The number of hydrogen-bond donors (Lipinski definition) is 0. The number of esters is 2. The molecule has 2 aliphatic heterocycles. The number of hydrogen-bond acceptors (Lipinski definition) is 5. The highest BCUT2D eigenvalue weighted by atomic mass is 16.5. The van der Waals surface area contributed by atoms with Crippen LogP contribution in [0.4, 0.5) is 0 Å². The molecule has 0 aromatic heterocycles. The van der Waals surface area contributed by atoms with Crippen molar-refractivity contribution in [2.45, 2.75) is 12.5 Å². The molecule has 16 heavy (non-hydrogen) atoms. The van der Waals surface area contributed by atoms with Crippen LogP contribution in [0.5, 0.6) is 0 Å². The summed E-state index contributed by atoms with van der Waals surface area (Å²) >= 11 is 0. The number of methoxy groups -OCH3 is 2. The van der Waals surface area contributed by atoms with E-state index >= 15 is 0 Å².